The molecule has 0 radical (unpaired) electrons. The monoisotopic (exact) mass is 427 g/mol. The molecule has 0 unspecified atom stereocenters. The van der Waals surface area contributed by atoms with E-state index >= 15 is 0 Å². The summed E-state index contributed by atoms with van der Waals surface area (Å²) in [6.07, 6.45) is 0.872. The molecule has 0 bridgehead atoms. The fourth-order valence-corrected chi connectivity index (χ4v) is 4.15. The van der Waals surface area contributed by atoms with Gasteiger partial charge in [0, 0.05) is 25.2 Å². The number of carbonyl (C=O) groups is 2. The number of urea groups is 1. The molecule has 0 spiro atoms. The second kappa shape index (κ2) is 9.27. The van der Waals surface area contributed by atoms with E-state index in [1.807, 2.05) is 61.2 Å². The number of nitrogens with zero attached hydrogens (tertiary/aromatic N) is 2. The Kier molecular flexibility index (Phi) is 6.26. The second-order valence-corrected chi connectivity index (χ2v) is 8.54. The van der Waals surface area contributed by atoms with Gasteiger partial charge in [-0.1, -0.05) is 53.6 Å². The molecule has 0 aromatic heterocycles. The molecule has 1 heterocycles. The number of carbonyl (C=O) groups excluding carboxylic acids is 2. The average molecular weight is 428 g/mol. The Morgan fingerprint density at radius 1 is 0.875 bits per heavy atom. The van der Waals surface area contributed by atoms with Gasteiger partial charge < -0.3 is 10.2 Å². The maximum absolute atomic E-state index is 13.4. The average Bonchev–Trinajstić information content (AvgIpc) is 2.76. The Hall–Kier alpha value is -3.60. The van der Waals surface area contributed by atoms with Gasteiger partial charge in [0.15, 0.2) is 0 Å². The van der Waals surface area contributed by atoms with E-state index in [2.05, 4.69) is 30.4 Å². The lowest BCUT2D eigenvalue weighted by molar-refractivity contribution is 0.102. The van der Waals surface area contributed by atoms with Gasteiger partial charge in [0.25, 0.3) is 5.91 Å². The van der Waals surface area contributed by atoms with Crippen LogP contribution in [0.2, 0.25) is 0 Å². The topological polar surface area (TPSA) is 52.6 Å². The molecule has 0 aliphatic carbocycles. The molecule has 1 aliphatic rings. The van der Waals surface area contributed by atoms with Crippen molar-refractivity contribution in [2.45, 2.75) is 33.7 Å². The lowest BCUT2D eigenvalue weighted by Crippen LogP contribution is -2.49. The van der Waals surface area contributed by atoms with Gasteiger partial charge >= 0.3 is 6.03 Å². The van der Waals surface area contributed by atoms with Crippen LogP contribution >= 0.6 is 0 Å². The smallest absolute Gasteiger partial charge is 0.320 e. The van der Waals surface area contributed by atoms with E-state index in [1.54, 1.807) is 11.0 Å². The van der Waals surface area contributed by atoms with Crippen LogP contribution in [0, 0.1) is 20.8 Å². The first-order chi connectivity index (χ1) is 15.4. The molecule has 32 heavy (non-hydrogen) atoms. The molecule has 1 aliphatic heterocycles. The van der Waals surface area contributed by atoms with Crippen LogP contribution in [-0.2, 0) is 6.54 Å². The molecule has 4 rings (SSSR count). The number of hydrogen-bond donors (Lipinski definition) is 1. The first-order valence-corrected chi connectivity index (χ1v) is 11.0. The molecular weight excluding hydrogens is 398 g/mol. The van der Waals surface area contributed by atoms with Crippen LogP contribution in [0.5, 0.6) is 0 Å². The maximum Gasteiger partial charge on any atom is 0.324 e. The third-order valence-electron chi connectivity index (χ3n) is 5.74. The first-order valence-electron chi connectivity index (χ1n) is 11.0. The molecule has 1 N–H and O–H groups in total. The van der Waals surface area contributed by atoms with Crippen LogP contribution in [0.3, 0.4) is 0 Å². The van der Waals surface area contributed by atoms with Gasteiger partial charge in [0.05, 0.1) is 11.4 Å². The van der Waals surface area contributed by atoms with Gasteiger partial charge in [-0.3, -0.25) is 9.69 Å². The van der Waals surface area contributed by atoms with Gasteiger partial charge in [-0.05, 0) is 62.6 Å². The summed E-state index contributed by atoms with van der Waals surface area (Å²) in [5.41, 5.74) is 6.34. The summed E-state index contributed by atoms with van der Waals surface area (Å²) in [6, 6.07) is 21.5. The van der Waals surface area contributed by atoms with Crippen molar-refractivity contribution in [2.24, 2.45) is 0 Å². The van der Waals surface area contributed by atoms with Crippen LogP contribution in [0.15, 0.2) is 66.7 Å². The van der Waals surface area contributed by atoms with E-state index < -0.39 is 0 Å². The van der Waals surface area contributed by atoms with E-state index in [4.69, 9.17) is 0 Å². The SMILES string of the molecule is Cc1cccc(CN2CCCN(c3ccc(C)cc3NC(=O)c3cccc(C)c3)C2=O)c1. The highest BCUT2D eigenvalue weighted by Crippen LogP contribution is 2.31. The zero-order chi connectivity index (χ0) is 22.7. The molecule has 3 aromatic rings. The van der Waals surface area contributed by atoms with E-state index in [9.17, 15) is 9.59 Å². The van der Waals surface area contributed by atoms with Gasteiger partial charge in [0.2, 0.25) is 0 Å². The molecule has 3 amide bonds. The van der Waals surface area contributed by atoms with E-state index in [-0.39, 0.29) is 11.9 Å². The summed E-state index contributed by atoms with van der Waals surface area (Å²) >= 11 is 0. The maximum atomic E-state index is 13.4. The van der Waals surface area contributed by atoms with Crippen molar-refractivity contribution in [3.05, 3.63) is 94.5 Å². The van der Waals surface area contributed by atoms with Crippen molar-refractivity contribution in [2.75, 3.05) is 23.3 Å². The van der Waals surface area contributed by atoms with Crippen molar-refractivity contribution >= 4 is 23.3 Å². The summed E-state index contributed by atoms with van der Waals surface area (Å²) in [4.78, 5) is 30.0. The standard InChI is InChI=1S/C27H29N3O2/c1-19-7-4-9-22(15-19)18-29-13-6-14-30(27(29)32)25-12-11-21(3)17-24(25)28-26(31)23-10-5-8-20(2)16-23/h4-5,7-12,15-17H,6,13-14,18H2,1-3H3,(H,28,31). The quantitative estimate of drug-likeness (QED) is 0.568. The van der Waals surface area contributed by atoms with Gasteiger partial charge in [0.1, 0.15) is 0 Å². The molecular formula is C27H29N3O2. The Bertz CT molecular complexity index is 1160. The largest absolute Gasteiger partial charge is 0.324 e. The molecule has 5 heteroatoms. The van der Waals surface area contributed by atoms with Crippen molar-refractivity contribution in [1.82, 2.24) is 4.90 Å². The zero-order valence-corrected chi connectivity index (χ0v) is 18.9. The highest BCUT2D eigenvalue weighted by Gasteiger charge is 2.28. The summed E-state index contributed by atoms with van der Waals surface area (Å²) in [5, 5.41) is 3.03. The molecule has 0 saturated carbocycles. The number of nitrogens with one attached hydrogen (secondary N) is 1. The molecule has 5 nitrogen and oxygen atoms in total. The van der Waals surface area contributed by atoms with Gasteiger partial charge in [-0.2, -0.15) is 0 Å². The number of amides is 3. The summed E-state index contributed by atoms with van der Waals surface area (Å²) in [5.74, 6) is -0.179. The predicted octanol–water partition coefficient (Wildman–Crippen LogP) is 5.70. The zero-order valence-electron chi connectivity index (χ0n) is 18.9. The fraction of sp³-hybridized carbons (Fsp3) is 0.259. The number of rotatable bonds is 5. The lowest BCUT2D eigenvalue weighted by Gasteiger charge is -2.36. The fourth-order valence-electron chi connectivity index (χ4n) is 4.15. The summed E-state index contributed by atoms with van der Waals surface area (Å²) in [6.45, 7) is 7.93. The molecule has 3 aromatic carbocycles. The summed E-state index contributed by atoms with van der Waals surface area (Å²) < 4.78 is 0. The molecule has 1 fully saturated rings. The van der Waals surface area contributed by atoms with Gasteiger partial charge in [-0.25, -0.2) is 4.79 Å². The van der Waals surface area contributed by atoms with E-state index in [0.717, 1.165) is 35.3 Å². The minimum absolute atomic E-state index is 0.0346. The Morgan fingerprint density at radius 2 is 1.59 bits per heavy atom. The predicted molar refractivity (Wildman–Crippen MR) is 129 cm³/mol. The number of benzene rings is 3. The van der Waals surface area contributed by atoms with Crippen LogP contribution in [0.4, 0.5) is 16.2 Å². The highest BCUT2D eigenvalue weighted by molar-refractivity contribution is 6.07. The lowest BCUT2D eigenvalue weighted by atomic mass is 10.1. The van der Waals surface area contributed by atoms with E-state index in [0.29, 0.717) is 24.3 Å². The van der Waals surface area contributed by atoms with Crippen LogP contribution < -0.4 is 10.2 Å². The Balaban J connectivity index is 1.58. The normalized spacial score (nSPS) is 13.9. The molecule has 0 atom stereocenters. The van der Waals surface area contributed by atoms with Crippen molar-refractivity contribution in [1.29, 1.82) is 0 Å². The van der Waals surface area contributed by atoms with Crippen molar-refractivity contribution in [3.63, 3.8) is 0 Å². The first kappa shape index (κ1) is 21.6. The second-order valence-electron chi connectivity index (χ2n) is 8.54. The van der Waals surface area contributed by atoms with Crippen molar-refractivity contribution in [3.8, 4) is 0 Å². The van der Waals surface area contributed by atoms with Crippen LogP contribution in [0.1, 0.15) is 39.0 Å². The third-order valence-corrected chi connectivity index (χ3v) is 5.74. The van der Waals surface area contributed by atoms with E-state index in [1.165, 1.54) is 5.56 Å². The van der Waals surface area contributed by atoms with Crippen LogP contribution in [-0.4, -0.2) is 29.9 Å². The Morgan fingerprint density at radius 3 is 2.34 bits per heavy atom. The summed E-state index contributed by atoms with van der Waals surface area (Å²) in [7, 11) is 0. The Labute approximate surface area is 189 Å². The number of hydrogen-bond acceptors (Lipinski definition) is 2. The molecule has 164 valence electrons. The molecule has 1 saturated heterocycles. The minimum Gasteiger partial charge on any atom is -0.320 e. The van der Waals surface area contributed by atoms with Gasteiger partial charge in [-0.15, -0.1) is 0 Å². The van der Waals surface area contributed by atoms with Crippen molar-refractivity contribution < 1.29 is 9.59 Å². The minimum atomic E-state index is -0.179. The third kappa shape index (κ3) is 4.83. The number of anilines is 2. The number of aryl methyl sites for hydroxylation is 3. The highest BCUT2D eigenvalue weighted by atomic mass is 16.2. The van der Waals surface area contributed by atoms with Crippen LogP contribution in [0.25, 0.3) is 0 Å².